The summed E-state index contributed by atoms with van der Waals surface area (Å²) in [6.45, 7) is 0. The van der Waals surface area contributed by atoms with Gasteiger partial charge < -0.3 is 14.4 Å². The molecular formula is C29H23N3O3. The molecule has 172 valence electrons. The number of carbonyl (C=O) groups is 1. The van der Waals surface area contributed by atoms with Crippen LogP contribution in [-0.2, 0) is 0 Å². The van der Waals surface area contributed by atoms with E-state index in [-0.39, 0.29) is 5.78 Å². The smallest absolute Gasteiger partial charge is 0.186 e. The molecule has 0 unspecified atom stereocenters. The highest BCUT2D eigenvalue weighted by Crippen LogP contribution is 2.60. The molecular weight excluding hydrogens is 438 g/mol. The molecule has 0 saturated carbocycles. The van der Waals surface area contributed by atoms with Gasteiger partial charge in [0.05, 0.1) is 32.4 Å². The molecule has 2 heterocycles. The number of benzene rings is 3. The van der Waals surface area contributed by atoms with Gasteiger partial charge in [0.15, 0.2) is 22.7 Å². The maximum absolute atomic E-state index is 14.2. The van der Waals surface area contributed by atoms with E-state index in [1.54, 1.807) is 18.2 Å². The van der Waals surface area contributed by atoms with E-state index in [1.807, 2.05) is 71.8 Å². The Morgan fingerprint density at radius 2 is 1.60 bits per heavy atom. The van der Waals surface area contributed by atoms with Crippen molar-refractivity contribution in [1.29, 1.82) is 10.5 Å². The highest BCUT2D eigenvalue weighted by molar-refractivity contribution is 6.02. The Kier molecular flexibility index (Phi) is 5.51. The molecule has 0 N–H and O–H groups in total. The minimum absolute atomic E-state index is 0.193. The molecule has 0 aliphatic carbocycles. The van der Waals surface area contributed by atoms with E-state index in [2.05, 4.69) is 12.1 Å². The third-order valence-corrected chi connectivity index (χ3v) is 7.04. The molecule has 3 atom stereocenters. The molecule has 3 aromatic carbocycles. The van der Waals surface area contributed by atoms with Crippen LogP contribution < -0.4 is 9.47 Å². The number of rotatable bonds is 5. The summed E-state index contributed by atoms with van der Waals surface area (Å²) in [5.74, 6) is 0.0833. The number of ether oxygens (including phenoxy) is 2. The second kappa shape index (κ2) is 8.66. The van der Waals surface area contributed by atoms with E-state index >= 15 is 0 Å². The summed E-state index contributed by atoms with van der Waals surface area (Å²) >= 11 is 0. The summed E-state index contributed by atoms with van der Waals surface area (Å²) in [5.41, 5.74) is 1.51. The highest BCUT2D eigenvalue weighted by Gasteiger charge is 2.63. The Bertz CT molecular complexity index is 1390. The normalized spacial score (nSPS) is 21.3. The Morgan fingerprint density at radius 3 is 2.29 bits per heavy atom. The first-order valence-corrected chi connectivity index (χ1v) is 11.3. The van der Waals surface area contributed by atoms with Gasteiger partial charge in [-0.3, -0.25) is 4.79 Å². The first-order chi connectivity index (χ1) is 17.1. The van der Waals surface area contributed by atoms with E-state index in [1.165, 1.54) is 14.2 Å². The number of ketones is 1. The van der Waals surface area contributed by atoms with Crippen molar-refractivity contribution in [2.75, 3.05) is 14.2 Å². The number of nitriles is 2. The molecule has 2 aliphatic rings. The fourth-order valence-electron chi connectivity index (χ4n) is 5.49. The summed E-state index contributed by atoms with van der Waals surface area (Å²) in [4.78, 5) is 16.1. The standard InChI is InChI=1S/C29H23N3O3/c1-34-23-13-12-21(16-24(23)35-2)27(33)26-25(20-9-4-3-5-10-20)29(17-30,18-31)28-22-11-7-6-8-19(22)14-15-32(26)28/h3-16,25-26,28H,1-2H3/t25-,26-,28-/m0/s1. The molecule has 0 amide bonds. The van der Waals surface area contributed by atoms with E-state index < -0.39 is 23.4 Å². The van der Waals surface area contributed by atoms with Gasteiger partial charge in [-0.25, -0.2) is 0 Å². The molecule has 0 spiro atoms. The zero-order valence-electron chi connectivity index (χ0n) is 19.4. The first kappa shape index (κ1) is 22.3. The number of nitrogens with zero attached hydrogens (tertiary/aromatic N) is 3. The van der Waals surface area contributed by atoms with Gasteiger partial charge in [0, 0.05) is 17.7 Å². The van der Waals surface area contributed by atoms with E-state index in [4.69, 9.17) is 9.47 Å². The van der Waals surface area contributed by atoms with Crippen LogP contribution in [0.2, 0.25) is 0 Å². The summed E-state index contributed by atoms with van der Waals surface area (Å²) < 4.78 is 10.8. The largest absolute Gasteiger partial charge is 0.493 e. The third-order valence-electron chi connectivity index (χ3n) is 7.04. The fourth-order valence-corrected chi connectivity index (χ4v) is 5.49. The molecule has 2 aliphatic heterocycles. The summed E-state index contributed by atoms with van der Waals surface area (Å²) in [7, 11) is 3.06. The molecule has 1 fully saturated rings. The van der Waals surface area contributed by atoms with Crippen LogP contribution in [-0.4, -0.2) is 30.9 Å². The number of methoxy groups -OCH3 is 2. The van der Waals surface area contributed by atoms with Gasteiger partial charge in [-0.15, -0.1) is 0 Å². The number of Topliss-reactive ketones (excluding diaryl/α,β-unsaturated/α-hetero) is 1. The van der Waals surface area contributed by atoms with Crippen molar-refractivity contribution in [3.63, 3.8) is 0 Å². The summed E-state index contributed by atoms with van der Waals surface area (Å²) in [5, 5.41) is 21.1. The first-order valence-electron chi connectivity index (χ1n) is 11.3. The topological polar surface area (TPSA) is 86.3 Å². The Morgan fingerprint density at radius 1 is 0.914 bits per heavy atom. The average molecular weight is 462 g/mol. The highest BCUT2D eigenvalue weighted by atomic mass is 16.5. The molecule has 0 bridgehead atoms. The van der Waals surface area contributed by atoms with Crippen molar-refractivity contribution in [2.24, 2.45) is 5.41 Å². The number of hydrogen-bond acceptors (Lipinski definition) is 6. The van der Waals surface area contributed by atoms with Crippen molar-refractivity contribution in [1.82, 2.24) is 4.90 Å². The zero-order chi connectivity index (χ0) is 24.6. The molecule has 0 aromatic heterocycles. The lowest BCUT2D eigenvalue weighted by atomic mass is 9.67. The minimum atomic E-state index is -1.49. The second-order valence-corrected chi connectivity index (χ2v) is 8.65. The molecule has 6 heteroatoms. The van der Waals surface area contributed by atoms with Crippen molar-refractivity contribution < 1.29 is 14.3 Å². The lowest BCUT2D eigenvalue weighted by Gasteiger charge is -2.34. The van der Waals surface area contributed by atoms with Gasteiger partial charge in [-0.05, 0) is 41.0 Å². The van der Waals surface area contributed by atoms with Crippen molar-refractivity contribution >= 4 is 11.9 Å². The predicted octanol–water partition coefficient (Wildman–Crippen LogP) is 5.11. The maximum Gasteiger partial charge on any atom is 0.186 e. The van der Waals surface area contributed by atoms with Crippen molar-refractivity contribution in [3.8, 4) is 23.6 Å². The summed E-state index contributed by atoms with van der Waals surface area (Å²) in [6, 6.07) is 25.5. The molecule has 6 nitrogen and oxygen atoms in total. The zero-order valence-corrected chi connectivity index (χ0v) is 19.4. The molecule has 35 heavy (non-hydrogen) atoms. The predicted molar refractivity (Wildman–Crippen MR) is 131 cm³/mol. The van der Waals surface area contributed by atoms with Gasteiger partial charge in [0.2, 0.25) is 0 Å². The number of carbonyl (C=O) groups excluding carboxylic acids is 1. The van der Waals surface area contributed by atoms with Crippen LogP contribution in [0.15, 0.2) is 79.0 Å². The fraction of sp³-hybridized carbons (Fsp3) is 0.207. The lowest BCUT2D eigenvalue weighted by molar-refractivity contribution is 0.0874. The molecule has 0 radical (unpaired) electrons. The van der Waals surface area contributed by atoms with Crippen LogP contribution in [0.4, 0.5) is 0 Å². The van der Waals surface area contributed by atoms with E-state index in [0.29, 0.717) is 17.1 Å². The van der Waals surface area contributed by atoms with Gasteiger partial charge in [-0.2, -0.15) is 10.5 Å². The third kappa shape index (κ3) is 3.26. The van der Waals surface area contributed by atoms with Crippen molar-refractivity contribution in [3.05, 3.63) is 101 Å². The van der Waals surface area contributed by atoms with Crippen LogP contribution in [0, 0.1) is 28.1 Å². The number of hydrogen-bond donors (Lipinski definition) is 0. The van der Waals surface area contributed by atoms with Crippen LogP contribution in [0.5, 0.6) is 11.5 Å². The minimum Gasteiger partial charge on any atom is -0.493 e. The van der Waals surface area contributed by atoms with Crippen molar-refractivity contribution in [2.45, 2.75) is 18.0 Å². The lowest BCUT2D eigenvalue weighted by Crippen LogP contribution is -2.37. The van der Waals surface area contributed by atoms with Gasteiger partial charge in [-0.1, -0.05) is 54.6 Å². The molecule has 1 saturated heterocycles. The van der Waals surface area contributed by atoms with Crippen LogP contribution in [0.25, 0.3) is 6.08 Å². The Balaban J connectivity index is 1.74. The summed E-state index contributed by atoms with van der Waals surface area (Å²) in [6.07, 6.45) is 3.79. The van der Waals surface area contributed by atoms with Gasteiger partial charge >= 0.3 is 0 Å². The number of fused-ring (bicyclic) bond motifs is 3. The van der Waals surface area contributed by atoms with Gasteiger partial charge in [0.25, 0.3) is 0 Å². The van der Waals surface area contributed by atoms with Crippen LogP contribution in [0.1, 0.15) is 39.0 Å². The SMILES string of the molecule is COc1ccc(C(=O)[C@@H]2[C@H](c3ccccc3)C(C#N)(C#N)[C@@H]3c4ccccc4C=CN23)cc1OC. The Hall–Kier alpha value is -4.55. The average Bonchev–Trinajstić information content (AvgIpc) is 3.23. The Labute approximate surface area is 204 Å². The maximum atomic E-state index is 14.2. The monoisotopic (exact) mass is 461 g/mol. The van der Waals surface area contributed by atoms with Crippen LogP contribution >= 0.6 is 0 Å². The van der Waals surface area contributed by atoms with Crippen LogP contribution in [0.3, 0.4) is 0 Å². The van der Waals surface area contributed by atoms with E-state index in [0.717, 1.165) is 16.7 Å². The quantitative estimate of drug-likeness (QED) is 0.491. The second-order valence-electron chi connectivity index (χ2n) is 8.65. The van der Waals surface area contributed by atoms with E-state index in [9.17, 15) is 15.3 Å². The van der Waals surface area contributed by atoms with Gasteiger partial charge in [0.1, 0.15) is 6.04 Å². The molecule has 3 aromatic rings. The molecule has 5 rings (SSSR count).